The number of nitrogens with zero attached hydrogens (tertiary/aromatic N) is 2. The molecule has 2 aromatic heterocycles. The Hall–Kier alpha value is -3.12. The molecule has 29 heavy (non-hydrogen) atoms. The molecule has 0 unspecified atom stereocenters. The molecular weight excluding hydrogens is 382 g/mol. The van der Waals surface area contributed by atoms with E-state index in [1.54, 1.807) is 31.9 Å². The number of hydrogen-bond donors (Lipinski definition) is 1. The molecule has 0 spiro atoms. The van der Waals surface area contributed by atoms with Gasteiger partial charge in [-0.3, -0.25) is 0 Å². The maximum absolute atomic E-state index is 5.52. The van der Waals surface area contributed by atoms with Crippen molar-refractivity contribution in [2.45, 2.75) is 19.8 Å². The predicted octanol–water partition coefficient (Wildman–Crippen LogP) is 6.24. The van der Waals surface area contributed by atoms with Crippen molar-refractivity contribution < 1.29 is 9.47 Å². The van der Waals surface area contributed by atoms with Crippen LogP contribution in [0.2, 0.25) is 0 Å². The number of aromatic nitrogens is 2. The third kappa shape index (κ3) is 3.76. The van der Waals surface area contributed by atoms with Crippen LogP contribution in [0.5, 0.6) is 11.5 Å². The summed E-state index contributed by atoms with van der Waals surface area (Å²) in [6, 6.07) is 14.4. The molecule has 4 rings (SSSR count). The second kappa shape index (κ2) is 8.09. The molecule has 148 valence electrons. The normalized spacial score (nSPS) is 11.1. The summed E-state index contributed by atoms with van der Waals surface area (Å²) in [5.41, 5.74) is 4.42. The molecule has 4 aromatic rings. The van der Waals surface area contributed by atoms with Crippen molar-refractivity contribution in [1.29, 1.82) is 0 Å². The van der Waals surface area contributed by atoms with E-state index in [2.05, 4.69) is 58.8 Å². The zero-order chi connectivity index (χ0) is 20.4. The van der Waals surface area contributed by atoms with E-state index in [0.717, 1.165) is 38.6 Å². The molecule has 0 bridgehead atoms. The minimum atomic E-state index is 0.506. The minimum Gasteiger partial charge on any atom is -0.497 e. The maximum Gasteiger partial charge on any atom is 0.146 e. The number of anilines is 2. The second-order valence-electron chi connectivity index (χ2n) is 7.02. The average Bonchev–Trinajstić information content (AvgIpc) is 3.19. The Bertz CT molecular complexity index is 1140. The fraction of sp³-hybridized carbons (Fsp3) is 0.217. The van der Waals surface area contributed by atoms with E-state index in [1.165, 1.54) is 5.56 Å². The lowest BCUT2D eigenvalue weighted by Crippen LogP contribution is -1.98. The van der Waals surface area contributed by atoms with E-state index in [0.29, 0.717) is 11.7 Å². The summed E-state index contributed by atoms with van der Waals surface area (Å²) < 4.78 is 10.8. The number of rotatable bonds is 6. The number of hydrogen-bond acceptors (Lipinski definition) is 6. The molecule has 0 aliphatic carbocycles. The third-order valence-corrected chi connectivity index (χ3v) is 5.81. The topological polar surface area (TPSA) is 56.3 Å². The van der Waals surface area contributed by atoms with Crippen molar-refractivity contribution in [2.75, 3.05) is 19.5 Å². The Morgan fingerprint density at radius 2 is 1.76 bits per heavy atom. The molecule has 0 radical (unpaired) electrons. The first kappa shape index (κ1) is 19.2. The lowest BCUT2D eigenvalue weighted by atomic mass is 9.99. The number of methoxy groups -OCH3 is 2. The molecular formula is C23H23N3O2S. The highest BCUT2D eigenvalue weighted by Gasteiger charge is 2.15. The third-order valence-electron chi connectivity index (χ3n) is 4.92. The standard InChI is InChI=1S/C23H23N3O2S/c1-14(2)15-5-7-16(8-6-15)18-12-29-23-21(18)22(24-13-25-23)26-19-10-9-17(27-3)11-20(19)28-4/h5-14H,1-4H3,(H,24,25,26). The van der Waals surface area contributed by atoms with Crippen molar-refractivity contribution in [2.24, 2.45) is 0 Å². The van der Waals surface area contributed by atoms with E-state index in [-0.39, 0.29) is 0 Å². The highest BCUT2D eigenvalue weighted by Crippen LogP contribution is 2.39. The smallest absolute Gasteiger partial charge is 0.146 e. The van der Waals surface area contributed by atoms with Gasteiger partial charge in [0.05, 0.1) is 25.3 Å². The van der Waals surface area contributed by atoms with Gasteiger partial charge in [-0.1, -0.05) is 38.1 Å². The van der Waals surface area contributed by atoms with Gasteiger partial charge in [0, 0.05) is 17.0 Å². The molecule has 0 amide bonds. The van der Waals surface area contributed by atoms with Gasteiger partial charge in [-0.05, 0) is 29.2 Å². The highest BCUT2D eigenvalue weighted by atomic mass is 32.1. The Labute approximate surface area is 174 Å². The molecule has 0 saturated heterocycles. The van der Waals surface area contributed by atoms with Crippen molar-refractivity contribution in [3.05, 3.63) is 59.7 Å². The monoisotopic (exact) mass is 405 g/mol. The zero-order valence-corrected chi connectivity index (χ0v) is 17.7. The number of nitrogens with one attached hydrogen (secondary N) is 1. The fourth-order valence-electron chi connectivity index (χ4n) is 3.26. The summed E-state index contributed by atoms with van der Waals surface area (Å²) in [6.07, 6.45) is 1.59. The number of fused-ring (bicyclic) bond motifs is 1. The van der Waals surface area contributed by atoms with Gasteiger partial charge in [-0.25, -0.2) is 9.97 Å². The molecule has 5 nitrogen and oxygen atoms in total. The van der Waals surface area contributed by atoms with E-state index in [9.17, 15) is 0 Å². The van der Waals surface area contributed by atoms with Gasteiger partial charge in [-0.15, -0.1) is 11.3 Å². The van der Waals surface area contributed by atoms with Gasteiger partial charge in [0.15, 0.2) is 0 Å². The SMILES string of the molecule is COc1ccc(Nc2ncnc3scc(-c4ccc(C(C)C)cc4)c23)c(OC)c1. The highest BCUT2D eigenvalue weighted by molar-refractivity contribution is 7.17. The minimum absolute atomic E-state index is 0.506. The number of ether oxygens (including phenoxy) is 2. The van der Waals surface area contributed by atoms with Crippen LogP contribution in [0.1, 0.15) is 25.3 Å². The molecule has 1 N–H and O–H groups in total. The van der Waals surface area contributed by atoms with E-state index < -0.39 is 0 Å². The van der Waals surface area contributed by atoms with Crippen LogP contribution in [-0.2, 0) is 0 Å². The van der Waals surface area contributed by atoms with E-state index in [1.807, 2.05) is 18.2 Å². The zero-order valence-electron chi connectivity index (χ0n) is 16.9. The second-order valence-corrected chi connectivity index (χ2v) is 7.88. The van der Waals surface area contributed by atoms with Crippen LogP contribution in [0.25, 0.3) is 21.3 Å². The van der Waals surface area contributed by atoms with Crippen LogP contribution in [-0.4, -0.2) is 24.2 Å². The largest absolute Gasteiger partial charge is 0.497 e. The fourth-order valence-corrected chi connectivity index (χ4v) is 4.18. The first-order valence-electron chi connectivity index (χ1n) is 9.42. The van der Waals surface area contributed by atoms with Crippen LogP contribution >= 0.6 is 11.3 Å². The quantitative estimate of drug-likeness (QED) is 0.411. The first-order chi connectivity index (χ1) is 14.1. The lowest BCUT2D eigenvalue weighted by Gasteiger charge is -2.13. The van der Waals surface area contributed by atoms with Crippen LogP contribution < -0.4 is 14.8 Å². The number of benzene rings is 2. The van der Waals surface area contributed by atoms with E-state index >= 15 is 0 Å². The van der Waals surface area contributed by atoms with E-state index in [4.69, 9.17) is 9.47 Å². The summed E-state index contributed by atoms with van der Waals surface area (Å²) >= 11 is 1.62. The van der Waals surface area contributed by atoms with Crippen LogP contribution in [0, 0.1) is 0 Å². The molecule has 2 heterocycles. The Kier molecular flexibility index (Phi) is 5.36. The van der Waals surface area contributed by atoms with Gasteiger partial charge in [0.1, 0.15) is 28.5 Å². The average molecular weight is 406 g/mol. The summed E-state index contributed by atoms with van der Waals surface area (Å²) in [7, 11) is 3.28. The van der Waals surface area contributed by atoms with Gasteiger partial charge >= 0.3 is 0 Å². The Morgan fingerprint density at radius 1 is 0.966 bits per heavy atom. The summed E-state index contributed by atoms with van der Waals surface area (Å²) in [6.45, 7) is 4.40. The van der Waals surface area contributed by atoms with Crippen LogP contribution in [0.3, 0.4) is 0 Å². The van der Waals surface area contributed by atoms with Crippen molar-refractivity contribution in [3.8, 4) is 22.6 Å². The molecule has 0 fully saturated rings. The lowest BCUT2D eigenvalue weighted by molar-refractivity contribution is 0.395. The molecule has 2 aromatic carbocycles. The molecule has 6 heteroatoms. The summed E-state index contributed by atoms with van der Waals surface area (Å²) in [4.78, 5) is 9.93. The van der Waals surface area contributed by atoms with Gasteiger partial charge in [0.25, 0.3) is 0 Å². The predicted molar refractivity (Wildman–Crippen MR) is 120 cm³/mol. The van der Waals surface area contributed by atoms with Crippen molar-refractivity contribution >= 4 is 33.1 Å². The van der Waals surface area contributed by atoms with Crippen molar-refractivity contribution in [3.63, 3.8) is 0 Å². The summed E-state index contributed by atoms with van der Waals surface area (Å²) in [5, 5.41) is 6.56. The molecule has 0 atom stereocenters. The first-order valence-corrected chi connectivity index (χ1v) is 10.3. The molecule has 0 saturated carbocycles. The molecule has 0 aliphatic heterocycles. The summed E-state index contributed by atoms with van der Waals surface area (Å²) in [5.74, 6) is 2.69. The Morgan fingerprint density at radius 3 is 2.45 bits per heavy atom. The van der Waals surface area contributed by atoms with Crippen molar-refractivity contribution in [1.82, 2.24) is 9.97 Å². The number of thiophene rings is 1. The van der Waals surface area contributed by atoms with Crippen LogP contribution in [0.15, 0.2) is 54.2 Å². The van der Waals surface area contributed by atoms with Gasteiger partial charge in [0.2, 0.25) is 0 Å². The van der Waals surface area contributed by atoms with Crippen LogP contribution in [0.4, 0.5) is 11.5 Å². The molecule has 0 aliphatic rings. The Balaban J connectivity index is 1.77. The maximum atomic E-state index is 5.52. The van der Waals surface area contributed by atoms with Gasteiger partial charge < -0.3 is 14.8 Å². The van der Waals surface area contributed by atoms with Gasteiger partial charge in [-0.2, -0.15) is 0 Å².